The van der Waals surface area contributed by atoms with E-state index in [1.165, 1.54) is 30.2 Å². The lowest BCUT2D eigenvalue weighted by molar-refractivity contribution is -0.196. The summed E-state index contributed by atoms with van der Waals surface area (Å²) < 4.78 is 32.4. The molecule has 0 unspecified atom stereocenters. The number of hydrogen-bond acceptors (Lipinski definition) is 8. The van der Waals surface area contributed by atoms with E-state index < -0.39 is 54.8 Å². The standard InChI is InChI=1S/C25H25Cl2FN2O6S/c1-2-34-21(32)12-35-24-22(30-10-19(29-13-30)14-4-3-5-15(28)8-14)23(33)20(11-31)36-25(24)37-16-6-7-17(26)18(27)9-16/h3-10,13,20,22-25,31,33H,2,11-12H2,1H3/t20-,22+,23+,24-,25-/m1/s1. The lowest BCUT2D eigenvalue weighted by atomic mass is 9.96. The van der Waals surface area contributed by atoms with Gasteiger partial charge in [0.25, 0.3) is 0 Å². The SMILES string of the molecule is CCOC(=O)CO[C@@H]1[C@@H](n2cnc(-c3cccc(F)c3)c2)[C@@H](O)[C@@H](CO)O[C@@H]1Sc1ccc(Cl)c(Cl)c1. The number of aliphatic hydroxyl groups is 2. The molecule has 5 atom stereocenters. The summed E-state index contributed by atoms with van der Waals surface area (Å²) in [5.74, 6) is -0.989. The zero-order chi connectivity index (χ0) is 26.5. The molecule has 0 aliphatic carbocycles. The molecule has 8 nitrogen and oxygen atoms in total. The van der Waals surface area contributed by atoms with Crippen LogP contribution in [-0.2, 0) is 19.0 Å². The van der Waals surface area contributed by atoms with Crippen LogP contribution in [0.3, 0.4) is 0 Å². The van der Waals surface area contributed by atoms with Crippen molar-refractivity contribution in [2.75, 3.05) is 19.8 Å². The van der Waals surface area contributed by atoms with Gasteiger partial charge in [0.15, 0.2) is 0 Å². The molecular formula is C25H25Cl2FN2O6S. The Balaban J connectivity index is 1.69. The summed E-state index contributed by atoms with van der Waals surface area (Å²) in [6, 6.07) is 10.2. The van der Waals surface area contributed by atoms with Crippen molar-refractivity contribution in [2.24, 2.45) is 0 Å². The molecule has 3 aromatic rings. The van der Waals surface area contributed by atoms with Crippen LogP contribution in [-0.4, -0.2) is 69.3 Å². The summed E-state index contributed by atoms with van der Waals surface area (Å²) in [4.78, 5) is 17.2. The number of ether oxygens (including phenoxy) is 3. The quantitative estimate of drug-likeness (QED) is 0.366. The lowest BCUT2D eigenvalue weighted by Crippen LogP contribution is -2.55. The van der Waals surface area contributed by atoms with Crippen LogP contribution in [0.4, 0.5) is 4.39 Å². The van der Waals surface area contributed by atoms with Gasteiger partial charge >= 0.3 is 5.97 Å². The molecule has 1 fully saturated rings. The van der Waals surface area contributed by atoms with Gasteiger partial charge in [0, 0.05) is 16.7 Å². The summed E-state index contributed by atoms with van der Waals surface area (Å²) >= 11 is 13.5. The van der Waals surface area contributed by atoms with Gasteiger partial charge in [-0.05, 0) is 37.3 Å². The predicted molar refractivity (Wildman–Crippen MR) is 137 cm³/mol. The van der Waals surface area contributed by atoms with E-state index in [2.05, 4.69) is 4.98 Å². The van der Waals surface area contributed by atoms with Gasteiger partial charge < -0.3 is 29.0 Å². The van der Waals surface area contributed by atoms with E-state index in [0.29, 0.717) is 26.2 Å². The number of rotatable bonds is 9. The number of thioether (sulfide) groups is 1. The number of esters is 1. The third-order valence-electron chi connectivity index (χ3n) is 5.73. The molecular weight excluding hydrogens is 546 g/mol. The lowest BCUT2D eigenvalue weighted by Gasteiger charge is -2.44. The van der Waals surface area contributed by atoms with Gasteiger partial charge in [0.1, 0.15) is 36.2 Å². The van der Waals surface area contributed by atoms with Gasteiger partial charge in [-0.2, -0.15) is 0 Å². The Kier molecular flexibility index (Phi) is 9.46. The van der Waals surface area contributed by atoms with Crippen LogP contribution in [0.5, 0.6) is 0 Å². The van der Waals surface area contributed by atoms with E-state index in [9.17, 15) is 19.4 Å². The van der Waals surface area contributed by atoms with Crippen LogP contribution in [0.15, 0.2) is 59.9 Å². The van der Waals surface area contributed by atoms with Crippen LogP contribution >= 0.6 is 35.0 Å². The Morgan fingerprint density at radius 3 is 2.76 bits per heavy atom. The van der Waals surface area contributed by atoms with Gasteiger partial charge in [0.2, 0.25) is 0 Å². The molecule has 37 heavy (non-hydrogen) atoms. The van der Waals surface area contributed by atoms with Crippen molar-refractivity contribution in [3.05, 3.63) is 70.9 Å². The van der Waals surface area contributed by atoms with E-state index in [1.807, 2.05) is 0 Å². The number of hydrogen-bond donors (Lipinski definition) is 2. The molecule has 2 N–H and O–H groups in total. The second-order valence-corrected chi connectivity index (χ2v) is 10.2. The van der Waals surface area contributed by atoms with Crippen molar-refractivity contribution < 1.29 is 33.6 Å². The first kappa shape index (κ1) is 27.8. The number of imidazole rings is 1. The number of aromatic nitrogens is 2. The Hall–Kier alpha value is -2.18. The molecule has 0 radical (unpaired) electrons. The van der Waals surface area contributed by atoms with Crippen LogP contribution in [0.1, 0.15) is 13.0 Å². The molecule has 0 bridgehead atoms. The average Bonchev–Trinajstić information content (AvgIpc) is 3.36. The molecule has 1 saturated heterocycles. The second kappa shape index (κ2) is 12.6. The number of aliphatic hydroxyl groups excluding tert-OH is 2. The fourth-order valence-corrected chi connectivity index (χ4v) is 5.56. The minimum atomic E-state index is -1.22. The van der Waals surface area contributed by atoms with Crippen molar-refractivity contribution in [3.8, 4) is 11.3 Å². The number of benzene rings is 2. The summed E-state index contributed by atoms with van der Waals surface area (Å²) in [5, 5.41) is 21.9. The van der Waals surface area contributed by atoms with Gasteiger partial charge in [-0.15, -0.1) is 0 Å². The highest BCUT2D eigenvalue weighted by Crippen LogP contribution is 2.41. The summed E-state index contributed by atoms with van der Waals surface area (Å²) in [7, 11) is 0. The first-order valence-corrected chi connectivity index (χ1v) is 13.1. The fraction of sp³-hybridized carbons (Fsp3) is 0.360. The van der Waals surface area contributed by atoms with Gasteiger partial charge in [0.05, 0.1) is 41.3 Å². The van der Waals surface area contributed by atoms with E-state index in [-0.39, 0.29) is 6.61 Å². The molecule has 0 spiro atoms. The van der Waals surface area contributed by atoms with Gasteiger partial charge in [-0.25, -0.2) is 14.2 Å². The molecule has 12 heteroatoms. The van der Waals surface area contributed by atoms with Gasteiger partial charge in [-0.3, -0.25) is 0 Å². The van der Waals surface area contributed by atoms with E-state index in [1.54, 1.807) is 48.0 Å². The molecule has 198 valence electrons. The highest BCUT2D eigenvalue weighted by Gasteiger charge is 2.47. The minimum absolute atomic E-state index is 0.183. The topological polar surface area (TPSA) is 103 Å². The first-order valence-electron chi connectivity index (χ1n) is 11.4. The molecule has 2 aromatic carbocycles. The third kappa shape index (κ3) is 6.64. The van der Waals surface area contributed by atoms with Crippen LogP contribution in [0.2, 0.25) is 10.0 Å². The van der Waals surface area contributed by atoms with Crippen molar-refractivity contribution in [1.82, 2.24) is 9.55 Å². The Labute approximate surface area is 227 Å². The fourth-order valence-electron chi connectivity index (χ4n) is 4.02. The van der Waals surface area contributed by atoms with Crippen molar-refractivity contribution in [1.29, 1.82) is 0 Å². The van der Waals surface area contributed by atoms with E-state index in [4.69, 9.17) is 37.4 Å². The number of carbonyl (C=O) groups excluding carboxylic acids is 1. The zero-order valence-corrected chi connectivity index (χ0v) is 22.0. The molecule has 2 heterocycles. The van der Waals surface area contributed by atoms with Crippen molar-refractivity contribution in [3.63, 3.8) is 0 Å². The summed E-state index contributed by atoms with van der Waals surface area (Å²) in [6.07, 6.45) is 0.0424. The minimum Gasteiger partial charge on any atom is -0.464 e. The molecule has 1 aliphatic heterocycles. The maximum atomic E-state index is 13.8. The maximum Gasteiger partial charge on any atom is 0.332 e. The summed E-state index contributed by atoms with van der Waals surface area (Å²) in [6.45, 7) is 1.01. The largest absolute Gasteiger partial charge is 0.464 e. The predicted octanol–water partition coefficient (Wildman–Crippen LogP) is 4.36. The van der Waals surface area contributed by atoms with Gasteiger partial charge in [-0.1, -0.05) is 47.1 Å². The number of nitrogens with zero attached hydrogens (tertiary/aromatic N) is 2. The first-order chi connectivity index (χ1) is 17.8. The normalized spacial score (nSPS) is 23.7. The molecule has 0 amide bonds. The third-order valence-corrected chi connectivity index (χ3v) is 7.61. The monoisotopic (exact) mass is 570 g/mol. The van der Waals surface area contributed by atoms with Crippen molar-refractivity contribution in [2.45, 2.75) is 41.6 Å². The smallest absolute Gasteiger partial charge is 0.332 e. The highest BCUT2D eigenvalue weighted by atomic mass is 35.5. The Morgan fingerprint density at radius 2 is 2.05 bits per heavy atom. The van der Waals surface area contributed by atoms with Crippen LogP contribution < -0.4 is 0 Å². The maximum absolute atomic E-state index is 13.8. The van der Waals surface area contributed by atoms with E-state index in [0.717, 1.165) is 0 Å². The average molecular weight is 571 g/mol. The van der Waals surface area contributed by atoms with Crippen molar-refractivity contribution >= 4 is 40.9 Å². The Morgan fingerprint density at radius 1 is 1.24 bits per heavy atom. The number of carbonyl (C=O) groups is 1. The molecule has 1 aliphatic rings. The van der Waals surface area contributed by atoms with E-state index >= 15 is 0 Å². The van der Waals surface area contributed by atoms with Crippen LogP contribution in [0.25, 0.3) is 11.3 Å². The highest BCUT2D eigenvalue weighted by molar-refractivity contribution is 7.99. The molecule has 0 saturated carbocycles. The number of halogens is 3. The summed E-state index contributed by atoms with van der Waals surface area (Å²) in [5.41, 5.74) is 0.235. The second-order valence-electron chi connectivity index (χ2n) is 8.20. The van der Waals surface area contributed by atoms with Crippen LogP contribution in [0, 0.1) is 5.82 Å². The zero-order valence-electron chi connectivity index (χ0n) is 19.7. The molecule has 1 aromatic heterocycles. The Bertz CT molecular complexity index is 1230. The molecule has 4 rings (SSSR count).